The summed E-state index contributed by atoms with van der Waals surface area (Å²) in [6.45, 7) is 6.85. The molecule has 0 aromatic heterocycles. The van der Waals surface area contributed by atoms with E-state index in [0.717, 1.165) is 35.5 Å². The van der Waals surface area contributed by atoms with Crippen LogP contribution in [0.25, 0.3) is 0 Å². The van der Waals surface area contributed by atoms with Gasteiger partial charge in [0.2, 0.25) is 0 Å². The Morgan fingerprint density at radius 2 is 2.11 bits per heavy atom. The third kappa shape index (κ3) is 4.79. The molecule has 1 fully saturated rings. The number of benzene rings is 1. The highest BCUT2D eigenvalue weighted by Gasteiger charge is 2.29. The van der Waals surface area contributed by atoms with Gasteiger partial charge in [-0.2, -0.15) is 0 Å². The maximum atomic E-state index is 6.28. The van der Waals surface area contributed by atoms with E-state index in [0.29, 0.717) is 0 Å². The number of nitrogens with zero attached hydrogens (tertiary/aromatic N) is 1. The molecule has 1 aromatic rings. The van der Waals surface area contributed by atoms with Gasteiger partial charge in [0.05, 0.1) is 0 Å². The van der Waals surface area contributed by atoms with Gasteiger partial charge in [-0.25, -0.2) is 0 Å². The molecule has 1 aromatic carbocycles. The van der Waals surface area contributed by atoms with Crippen LogP contribution in [0.15, 0.2) is 24.3 Å². The average molecular weight is 281 g/mol. The molecule has 0 bridgehead atoms. The molecule has 2 N–H and O–H groups in total. The number of nitrogens with two attached hydrogens (primary N) is 1. The Morgan fingerprint density at radius 1 is 1.37 bits per heavy atom. The predicted octanol–water partition coefficient (Wildman–Crippen LogP) is 3.85. The highest BCUT2D eigenvalue weighted by atomic mass is 35.5. The molecule has 0 radical (unpaired) electrons. The molecule has 2 nitrogen and oxygen atoms in total. The molecule has 19 heavy (non-hydrogen) atoms. The van der Waals surface area contributed by atoms with Crippen molar-refractivity contribution in [3.63, 3.8) is 0 Å². The molecular weight excluding hydrogens is 256 g/mol. The van der Waals surface area contributed by atoms with E-state index in [1.54, 1.807) is 0 Å². The van der Waals surface area contributed by atoms with Crippen LogP contribution in [0.5, 0.6) is 0 Å². The van der Waals surface area contributed by atoms with E-state index in [4.69, 9.17) is 17.3 Å². The normalized spacial score (nSPS) is 17.2. The lowest BCUT2D eigenvalue weighted by Gasteiger charge is -2.25. The molecule has 3 heteroatoms. The summed E-state index contributed by atoms with van der Waals surface area (Å²) in [4.78, 5) is 2.61. The van der Waals surface area contributed by atoms with E-state index in [9.17, 15) is 0 Å². The Labute approximate surface area is 121 Å². The quantitative estimate of drug-likeness (QED) is 0.822. The van der Waals surface area contributed by atoms with Gasteiger partial charge in [0.15, 0.2) is 0 Å². The van der Waals surface area contributed by atoms with E-state index in [1.807, 2.05) is 18.2 Å². The zero-order valence-corrected chi connectivity index (χ0v) is 12.7. The zero-order valence-electron chi connectivity index (χ0n) is 12.0. The van der Waals surface area contributed by atoms with Crippen molar-refractivity contribution in [1.29, 1.82) is 0 Å². The minimum atomic E-state index is 0.0899. The van der Waals surface area contributed by atoms with Crippen molar-refractivity contribution in [2.75, 3.05) is 13.1 Å². The molecule has 0 heterocycles. The van der Waals surface area contributed by atoms with Gasteiger partial charge in [-0.05, 0) is 42.9 Å². The smallest absolute Gasteiger partial charge is 0.0409 e. The zero-order chi connectivity index (χ0) is 13.8. The van der Waals surface area contributed by atoms with E-state index < -0.39 is 0 Å². The minimum Gasteiger partial charge on any atom is -0.324 e. The fraction of sp³-hybridized carbons (Fsp3) is 0.625. The van der Waals surface area contributed by atoms with Crippen LogP contribution >= 0.6 is 11.6 Å². The Kier molecular flexibility index (Phi) is 5.26. The van der Waals surface area contributed by atoms with Crippen LogP contribution < -0.4 is 5.73 Å². The molecule has 1 atom stereocenters. The van der Waals surface area contributed by atoms with Crippen molar-refractivity contribution in [3.05, 3.63) is 34.9 Å². The van der Waals surface area contributed by atoms with Gasteiger partial charge < -0.3 is 10.6 Å². The standard InChI is InChI=1S/C16H25ClN2/c1-12(2)11-19(15-6-7-15)9-8-16(18)13-4-3-5-14(17)10-13/h3-5,10,12,15-16H,6-9,11,18H2,1-2H3. The van der Waals surface area contributed by atoms with E-state index in [1.165, 1.54) is 19.4 Å². The van der Waals surface area contributed by atoms with Crippen LogP contribution in [0, 0.1) is 5.92 Å². The Bertz CT molecular complexity index is 401. The van der Waals surface area contributed by atoms with E-state index in [2.05, 4.69) is 24.8 Å². The number of hydrogen-bond acceptors (Lipinski definition) is 2. The highest BCUT2D eigenvalue weighted by molar-refractivity contribution is 6.30. The third-order valence-corrected chi connectivity index (χ3v) is 3.90. The first-order valence-electron chi connectivity index (χ1n) is 7.31. The number of rotatable bonds is 7. The fourth-order valence-electron chi connectivity index (χ4n) is 2.54. The second-order valence-electron chi connectivity index (χ2n) is 6.07. The van der Waals surface area contributed by atoms with Crippen molar-refractivity contribution < 1.29 is 0 Å². The summed E-state index contributed by atoms with van der Waals surface area (Å²) in [5.41, 5.74) is 7.42. The lowest BCUT2D eigenvalue weighted by atomic mass is 10.0. The van der Waals surface area contributed by atoms with Crippen LogP contribution in [-0.4, -0.2) is 24.0 Å². The molecular formula is C16H25ClN2. The van der Waals surface area contributed by atoms with Gasteiger partial charge >= 0.3 is 0 Å². The molecule has 0 aliphatic heterocycles. The first-order chi connectivity index (χ1) is 9.06. The summed E-state index contributed by atoms with van der Waals surface area (Å²) in [6, 6.07) is 8.83. The predicted molar refractivity (Wildman–Crippen MR) is 82.4 cm³/mol. The van der Waals surface area contributed by atoms with Gasteiger partial charge in [-0.1, -0.05) is 37.6 Å². The second kappa shape index (κ2) is 6.74. The van der Waals surface area contributed by atoms with Crippen molar-refractivity contribution in [2.24, 2.45) is 11.7 Å². The van der Waals surface area contributed by atoms with E-state index >= 15 is 0 Å². The van der Waals surface area contributed by atoms with Gasteiger partial charge in [-0.3, -0.25) is 0 Å². The SMILES string of the molecule is CC(C)CN(CCC(N)c1cccc(Cl)c1)C1CC1. The molecule has 0 saturated heterocycles. The molecule has 0 amide bonds. The summed E-state index contributed by atoms with van der Waals surface area (Å²) < 4.78 is 0. The first kappa shape index (κ1) is 14.8. The topological polar surface area (TPSA) is 29.3 Å². The van der Waals surface area contributed by atoms with Gasteiger partial charge in [0.1, 0.15) is 0 Å². The molecule has 2 rings (SSSR count). The van der Waals surface area contributed by atoms with Crippen LogP contribution in [0.4, 0.5) is 0 Å². The Morgan fingerprint density at radius 3 is 2.68 bits per heavy atom. The van der Waals surface area contributed by atoms with Crippen molar-refractivity contribution in [1.82, 2.24) is 4.90 Å². The largest absolute Gasteiger partial charge is 0.324 e. The van der Waals surface area contributed by atoms with Crippen LogP contribution in [0.3, 0.4) is 0 Å². The first-order valence-corrected chi connectivity index (χ1v) is 7.69. The summed E-state index contributed by atoms with van der Waals surface area (Å²) in [5, 5.41) is 0.772. The summed E-state index contributed by atoms with van der Waals surface area (Å²) in [7, 11) is 0. The van der Waals surface area contributed by atoms with Gasteiger partial charge in [0, 0.05) is 30.2 Å². The highest BCUT2D eigenvalue weighted by Crippen LogP contribution is 2.28. The van der Waals surface area contributed by atoms with Crippen LogP contribution in [-0.2, 0) is 0 Å². The van der Waals surface area contributed by atoms with Crippen LogP contribution in [0.2, 0.25) is 5.02 Å². The summed E-state index contributed by atoms with van der Waals surface area (Å²) >= 11 is 6.01. The fourth-order valence-corrected chi connectivity index (χ4v) is 2.74. The molecule has 1 aliphatic carbocycles. The lowest BCUT2D eigenvalue weighted by molar-refractivity contribution is 0.226. The van der Waals surface area contributed by atoms with Gasteiger partial charge in [-0.15, -0.1) is 0 Å². The number of halogens is 1. The molecule has 1 saturated carbocycles. The van der Waals surface area contributed by atoms with Crippen molar-refractivity contribution in [2.45, 2.75) is 45.2 Å². The Hall–Kier alpha value is -0.570. The summed E-state index contributed by atoms with van der Waals surface area (Å²) in [5.74, 6) is 0.725. The van der Waals surface area contributed by atoms with Gasteiger partial charge in [0.25, 0.3) is 0 Å². The molecule has 1 unspecified atom stereocenters. The maximum Gasteiger partial charge on any atom is 0.0409 e. The molecule has 0 spiro atoms. The van der Waals surface area contributed by atoms with Crippen molar-refractivity contribution in [3.8, 4) is 0 Å². The minimum absolute atomic E-state index is 0.0899. The lowest BCUT2D eigenvalue weighted by Crippen LogP contribution is -2.32. The van der Waals surface area contributed by atoms with Crippen molar-refractivity contribution >= 4 is 11.6 Å². The molecule has 106 valence electrons. The van der Waals surface area contributed by atoms with E-state index in [-0.39, 0.29) is 6.04 Å². The van der Waals surface area contributed by atoms with Crippen LogP contribution in [0.1, 0.15) is 44.7 Å². The number of hydrogen-bond donors (Lipinski definition) is 1. The second-order valence-corrected chi connectivity index (χ2v) is 6.51. The average Bonchev–Trinajstić information content (AvgIpc) is 3.17. The summed E-state index contributed by atoms with van der Waals surface area (Å²) in [6.07, 6.45) is 3.72. The Balaban J connectivity index is 1.86. The monoisotopic (exact) mass is 280 g/mol. The third-order valence-electron chi connectivity index (χ3n) is 3.67. The molecule has 1 aliphatic rings. The maximum absolute atomic E-state index is 6.28.